The van der Waals surface area contributed by atoms with Crippen LogP contribution >= 0.6 is 0 Å². The second-order valence-corrected chi connectivity index (χ2v) is 5.42. The molecule has 0 bridgehead atoms. The first-order valence-electron chi connectivity index (χ1n) is 5.11. The third kappa shape index (κ3) is 2.12. The van der Waals surface area contributed by atoms with Crippen LogP contribution in [-0.2, 0) is 0 Å². The summed E-state index contributed by atoms with van der Waals surface area (Å²) in [6.45, 7) is 11.6. The van der Waals surface area contributed by atoms with Gasteiger partial charge in [0.15, 0.2) is 0 Å². The molecule has 12 heavy (non-hydrogen) atoms. The summed E-state index contributed by atoms with van der Waals surface area (Å²) in [5, 5.41) is 0. The Hall–Kier alpha value is -0.260. The lowest BCUT2D eigenvalue weighted by Gasteiger charge is -2.22. The molecule has 70 valence electrons. The molecule has 1 atom stereocenters. The van der Waals surface area contributed by atoms with Gasteiger partial charge in [-0.25, -0.2) is 0 Å². The van der Waals surface area contributed by atoms with Crippen LogP contribution in [0.4, 0.5) is 0 Å². The number of hydrogen-bond donors (Lipinski definition) is 0. The topological polar surface area (TPSA) is 0 Å². The van der Waals surface area contributed by atoms with Crippen molar-refractivity contribution >= 4 is 0 Å². The van der Waals surface area contributed by atoms with Gasteiger partial charge in [-0.1, -0.05) is 46.3 Å². The molecule has 1 aliphatic rings. The largest absolute Gasteiger partial charge is 0.0845 e. The maximum atomic E-state index is 2.46. The van der Waals surface area contributed by atoms with Gasteiger partial charge in [-0.15, -0.1) is 0 Å². The molecule has 0 fully saturated rings. The zero-order valence-corrected chi connectivity index (χ0v) is 9.15. The molecule has 1 aliphatic carbocycles. The van der Waals surface area contributed by atoms with Crippen molar-refractivity contribution in [2.24, 2.45) is 17.3 Å². The highest BCUT2D eigenvalue weighted by Gasteiger charge is 2.26. The fraction of sp³-hybridized carbons (Fsp3) is 0.833. The van der Waals surface area contributed by atoms with Gasteiger partial charge in [-0.05, 0) is 30.1 Å². The Labute approximate surface area is 77.1 Å². The summed E-state index contributed by atoms with van der Waals surface area (Å²) in [4.78, 5) is 0. The predicted molar refractivity (Wildman–Crippen MR) is 55.1 cm³/mol. The van der Waals surface area contributed by atoms with Gasteiger partial charge in [0.05, 0.1) is 0 Å². The van der Waals surface area contributed by atoms with Crippen molar-refractivity contribution in [1.29, 1.82) is 0 Å². The first-order valence-corrected chi connectivity index (χ1v) is 5.11. The van der Waals surface area contributed by atoms with Crippen molar-refractivity contribution in [2.75, 3.05) is 0 Å². The first-order chi connectivity index (χ1) is 5.41. The molecular weight excluding hydrogens is 144 g/mol. The van der Waals surface area contributed by atoms with Crippen molar-refractivity contribution in [3.8, 4) is 0 Å². The molecule has 0 aliphatic heterocycles. The van der Waals surface area contributed by atoms with Gasteiger partial charge in [-0.3, -0.25) is 0 Å². The van der Waals surface area contributed by atoms with Crippen molar-refractivity contribution in [1.82, 2.24) is 0 Å². The average molecular weight is 166 g/mol. The molecule has 0 aromatic rings. The van der Waals surface area contributed by atoms with E-state index in [0.29, 0.717) is 5.41 Å². The van der Waals surface area contributed by atoms with E-state index in [4.69, 9.17) is 0 Å². The SMILES string of the molecule is CC(C)C1CC=C(C(C)(C)C)C1. The van der Waals surface area contributed by atoms with Gasteiger partial charge >= 0.3 is 0 Å². The molecule has 0 saturated heterocycles. The molecule has 0 heteroatoms. The quantitative estimate of drug-likeness (QED) is 0.516. The molecule has 0 heterocycles. The van der Waals surface area contributed by atoms with Gasteiger partial charge in [0.1, 0.15) is 0 Å². The summed E-state index contributed by atoms with van der Waals surface area (Å²) in [6.07, 6.45) is 5.11. The molecular formula is C12H22. The van der Waals surface area contributed by atoms with E-state index in [9.17, 15) is 0 Å². The molecule has 0 N–H and O–H groups in total. The van der Waals surface area contributed by atoms with E-state index < -0.39 is 0 Å². The maximum absolute atomic E-state index is 2.46. The molecule has 0 nitrogen and oxygen atoms in total. The van der Waals surface area contributed by atoms with Crippen LogP contribution in [0.25, 0.3) is 0 Å². The standard InChI is InChI=1S/C12H22/c1-9(2)10-6-7-11(8-10)12(3,4)5/h7,9-10H,6,8H2,1-5H3. The van der Waals surface area contributed by atoms with Gasteiger partial charge < -0.3 is 0 Å². The van der Waals surface area contributed by atoms with Crippen LogP contribution in [0.15, 0.2) is 11.6 Å². The Bertz CT molecular complexity index is 179. The summed E-state index contributed by atoms with van der Waals surface area (Å²) >= 11 is 0. The molecule has 0 radical (unpaired) electrons. The average Bonchev–Trinajstić information content (AvgIpc) is 2.30. The third-order valence-corrected chi connectivity index (χ3v) is 3.06. The van der Waals surface area contributed by atoms with E-state index in [0.717, 1.165) is 11.8 Å². The van der Waals surface area contributed by atoms with Crippen LogP contribution in [0.3, 0.4) is 0 Å². The van der Waals surface area contributed by atoms with Crippen LogP contribution in [0.5, 0.6) is 0 Å². The lowest BCUT2D eigenvalue weighted by molar-refractivity contribution is 0.380. The van der Waals surface area contributed by atoms with Gasteiger partial charge in [0, 0.05) is 0 Å². The highest BCUT2D eigenvalue weighted by Crippen LogP contribution is 2.39. The molecule has 1 unspecified atom stereocenters. The molecule has 1 rings (SSSR count). The fourth-order valence-electron chi connectivity index (χ4n) is 1.86. The van der Waals surface area contributed by atoms with Gasteiger partial charge in [0.25, 0.3) is 0 Å². The van der Waals surface area contributed by atoms with E-state index in [1.54, 1.807) is 5.57 Å². The predicted octanol–water partition coefficient (Wildman–Crippen LogP) is 4.02. The van der Waals surface area contributed by atoms with Crippen LogP contribution in [0.2, 0.25) is 0 Å². The molecule has 0 spiro atoms. The number of hydrogen-bond acceptors (Lipinski definition) is 0. The van der Waals surface area contributed by atoms with E-state index >= 15 is 0 Å². The van der Waals surface area contributed by atoms with Crippen molar-refractivity contribution in [2.45, 2.75) is 47.5 Å². The molecule has 0 amide bonds. The Morgan fingerprint density at radius 2 is 1.92 bits per heavy atom. The Morgan fingerprint density at radius 3 is 2.17 bits per heavy atom. The van der Waals surface area contributed by atoms with E-state index in [1.807, 2.05) is 0 Å². The van der Waals surface area contributed by atoms with Crippen LogP contribution in [-0.4, -0.2) is 0 Å². The lowest BCUT2D eigenvalue weighted by atomic mass is 9.83. The van der Waals surface area contributed by atoms with Crippen LogP contribution in [0, 0.1) is 17.3 Å². The highest BCUT2D eigenvalue weighted by molar-refractivity contribution is 5.17. The summed E-state index contributed by atoms with van der Waals surface area (Å²) < 4.78 is 0. The zero-order valence-electron chi connectivity index (χ0n) is 9.15. The summed E-state index contributed by atoms with van der Waals surface area (Å²) in [5.41, 5.74) is 2.07. The minimum absolute atomic E-state index is 0.406. The smallest absolute Gasteiger partial charge is 0.0173 e. The summed E-state index contributed by atoms with van der Waals surface area (Å²) in [5.74, 6) is 1.76. The Balaban J connectivity index is 2.55. The minimum Gasteiger partial charge on any atom is -0.0845 e. The fourth-order valence-corrected chi connectivity index (χ4v) is 1.86. The Kier molecular flexibility index (Phi) is 2.65. The summed E-state index contributed by atoms with van der Waals surface area (Å²) in [6, 6.07) is 0. The van der Waals surface area contributed by atoms with Crippen LogP contribution < -0.4 is 0 Å². The molecule has 0 aromatic heterocycles. The number of rotatable bonds is 1. The van der Waals surface area contributed by atoms with Crippen LogP contribution in [0.1, 0.15) is 47.5 Å². The third-order valence-electron chi connectivity index (χ3n) is 3.06. The van der Waals surface area contributed by atoms with Gasteiger partial charge in [0.2, 0.25) is 0 Å². The lowest BCUT2D eigenvalue weighted by Crippen LogP contribution is -2.11. The maximum Gasteiger partial charge on any atom is -0.0173 e. The molecule has 0 saturated carbocycles. The minimum atomic E-state index is 0.406. The van der Waals surface area contributed by atoms with E-state index in [-0.39, 0.29) is 0 Å². The number of allylic oxidation sites excluding steroid dienone is 2. The summed E-state index contributed by atoms with van der Waals surface area (Å²) in [7, 11) is 0. The van der Waals surface area contributed by atoms with E-state index in [2.05, 4.69) is 40.7 Å². The van der Waals surface area contributed by atoms with Crippen molar-refractivity contribution < 1.29 is 0 Å². The zero-order chi connectivity index (χ0) is 9.35. The van der Waals surface area contributed by atoms with Gasteiger partial charge in [-0.2, -0.15) is 0 Å². The Morgan fingerprint density at radius 1 is 1.33 bits per heavy atom. The molecule has 0 aromatic carbocycles. The highest BCUT2D eigenvalue weighted by atomic mass is 14.3. The normalized spacial score (nSPS) is 24.8. The van der Waals surface area contributed by atoms with Crippen molar-refractivity contribution in [3.63, 3.8) is 0 Å². The van der Waals surface area contributed by atoms with Crippen molar-refractivity contribution in [3.05, 3.63) is 11.6 Å². The monoisotopic (exact) mass is 166 g/mol. The second kappa shape index (κ2) is 3.24. The first kappa shape index (κ1) is 9.83. The van der Waals surface area contributed by atoms with E-state index in [1.165, 1.54) is 12.8 Å². The second-order valence-electron chi connectivity index (χ2n) is 5.42.